The number of nitrogens with zero attached hydrogens (tertiary/aromatic N) is 5. The van der Waals surface area contributed by atoms with Crippen LogP contribution in [-0.2, 0) is 11.3 Å². The van der Waals surface area contributed by atoms with E-state index in [1.54, 1.807) is 12.3 Å². The predicted octanol–water partition coefficient (Wildman–Crippen LogP) is 1.36. The average Bonchev–Trinajstić information content (AvgIpc) is 3.03. The molecule has 8 heteroatoms. The Labute approximate surface area is 116 Å². The molecule has 19 heavy (non-hydrogen) atoms. The van der Waals surface area contributed by atoms with Gasteiger partial charge in [-0.1, -0.05) is 0 Å². The molecule has 0 spiro atoms. The second-order valence-electron chi connectivity index (χ2n) is 4.61. The summed E-state index contributed by atoms with van der Waals surface area (Å²) in [5, 5.41) is 20.6. The Balaban J connectivity index is 1.91. The van der Waals surface area contributed by atoms with E-state index < -0.39 is 11.4 Å². The van der Waals surface area contributed by atoms with Gasteiger partial charge in [-0.3, -0.25) is 9.78 Å². The molecule has 0 atom stereocenters. The van der Waals surface area contributed by atoms with Crippen molar-refractivity contribution in [2.24, 2.45) is 5.41 Å². The smallest absolute Gasteiger partial charge is 0.311 e. The van der Waals surface area contributed by atoms with Crippen LogP contribution in [0.1, 0.15) is 12.8 Å². The largest absolute Gasteiger partial charge is 0.481 e. The van der Waals surface area contributed by atoms with Gasteiger partial charge in [-0.05, 0) is 51.3 Å². The molecule has 2 heterocycles. The summed E-state index contributed by atoms with van der Waals surface area (Å²) in [4.78, 5) is 15.4. The van der Waals surface area contributed by atoms with Gasteiger partial charge in [0, 0.05) is 10.7 Å². The van der Waals surface area contributed by atoms with Crippen LogP contribution >= 0.6 is 15.9 Å². The lowest BCUT2D eigenvalue weighted by Gasteiger charge is -2.10. The highest BCUT2D eigenvalue weighted by Gasteiger charge is 2.51. The van der Waals surface area contributed by atoms with Crippen LogP contribution in [-0.4, -0.2) is 36.3 Å². The SMILES string of the molecule is O=C(O)C1(Cn2nnnc2-c2ccc(Br)cn2)CC1. The van der Waals surface area contributed by atoms with Crippen LogP contribution in [0.4, 0.5) is 0 Å². The summed E-state index contributed by atoms with van der Waals surface area (Å²) >= 11 is 3.31. The summed E-state index contributed by atoms with van der Waals surface area (Å²) in [6.45, 7) is 0.280. The number of carboxylic acids is 1. The van der Waals surface area contributed by atoms with Crippen molar-refractivity contribution in [3.8, 4) is 11.5 Å². The Bertz CT molecular complexity index is 620. The first kappa shape index (κ1) is 12.2. The van der Waals surface area contributed by atoms with E-state index in [4.69, 9.17) is 0 Å². The Morgan fingerprint density at radius 2 is 2.26 bits per heavy atom. The molecule has 2 aromatic rings. The third kappa shape index (κ3) is 2.23. The van der Waals surface area contributed by atoms with E-state index in [1.165, 1.54) is 4.68 Å². The Kier molecular flexibility index (Phi) is 2.81. The van der Waals surface area contributed by atoms with E-state index in [0.29, 0.717) is 24.4 Å². The average molecular weight is 324 g/mol. The fraction of sp³-hybridized carbons (Fsp3) is 0.364. The minimum absolute atomic E-state index is 0.280. The molecule has 0 aromatic carbocycles. The molecular weight excluding hydrogens is 314 g/mol. The predicted molar refractivity (Wildman–Crippen MR) is 68.1 cm³/mol. The van der Waals surface area contributed by atoms with E-state index in [2.05, 4.69) is 36.4 Å². The van der Waals surface area contributed by atoms with Crippen LogP contribution < -0.4 is 0 Å². The second-order valence-corrected chi connectivity index (χ2v) is 5.52. The van der Waals surface area contributed by atoms with E-state index in [-0.39, 0.29) is 6.54 Å². The van der Waals surface area contributed by atoms with Gasteiger partial charge in [-0.25, -0.2) is 4.68 Å². The van der Waals surface area contributed by atoms with Crippen LogP contribution in [0.15, 0.2) is 22.8 Å². The minimum atomic E-state index is -0.794. The van der Waals surface area contributed by atoms with E-state index in [0.717, 1.165) is 4.47 Å². The maximum atomic E-state index is 11.2. The van der Waals surface area contributed by atoms with Crippen molar-refractivity contribution >= 4 is 21.9 Å². The van der Waals surface area contributed by atoms with E-state index in [9.17, 15) is 9.90 Å². The van der Waals surface area contributed by atoms with Crippen LogP contribution in [0.25, 0.3) is 11.5 Å². The van der Waals surface area contributed by atoms with Crippen LogP contribution in [0.5, 0.6) is 0 Å². The van der Waals surface area contributed by atoms with Crippen LogP contribution in [0, 0.1) is 5.41 Å². The molecule has 2 aromatic heterocycles. The number of carbonyl (C=O) groups is 1. The zero-order chi connectivity index (χ0) is 13.5. The molecule has 7 nitrogen and oxygen atoms in total. The van der Waals surface area contributed by atoms with Crippen molar-refractivity contribution in [2.45, 2.75) is 19.4 Å². The summed E-state index contributed by atoms with van der Waals surface area (Å²) in [6.07, 6.45) is 2.98. The van der Waals surface area contributed by atoms with Crippen molar-refractivity contribution in [3.63, 3.8) is 0 Å². The maximum absolute atomic E-state index is 11.2. The molecule has 0 aliphatic heterocycles. The summed E-state index contributed by atoms with van der Waals surface area (Å²) < 4.78 is 2.37. The highest BCUT2D eigenvalue weighted by atomic mass is 79.9. The third-order valence-electron chi connectivity index (χ3n) is 3.25. The van der Waals surface area contributed by atoms with Gasteiger partial charge in [0.25, 0.3) is 0 Å². The molecular formula is C11H10BrN5O2. The highest BCUT2D eigenvalue weighted by molar-refractivity contribution is 9.10. The molecule has 1 aliphatic carbocycles. The number of aliphatic carboxylic acids is 1. The van der Waals surface area contributed by atoms with Gasteiger partial charge in [0.15, 0.2) is 0 Å². The first-order chi connectivity index (χ1) is 9.11. The minimum Gasteiger partial charge on any atom is -0.481 e. The Hall–Kier alpha value is -1.83. The van der Waals surface area contributed by atoms with Crippen molar-refractivity contribution in [2.75, 3.05) is 0 Å². The first-order valence-corrected chi connectivity index (χ1v) is 6.51. The molecule has 3 rings (SSSR count). The van der Waals surface area contributed by atoms with Gasteiger partial charge < -0.3 is 5.11 Å². The molecule has 0 amide bonds. The maximum Gasteiger partial charge on any atom is 0.311 e. The number of tetrazole rings is 1. The lowest BCUT2D eigenvalue weighted by atomic mass is 10.1. The van der Waals surface area contributed by atoms with Crippen LogP contribution in [0.2, 0.25) is 0 Å². The molecule has 98 valence electrons. The van der Waals surface area contributed by atoms with Crippen molar-refractivity contribution < 1.29 is 9.90 Å². The normalized spacial score (nSPS) is 16.3. The van der Waals surface area contributed by atoms with Gasteiger partial charge >= 0.3 is 5.97 Å². The number of pyridine rings is 1. The van der Waals surface area contributed by atoms with Crippen molar-refractivity contribution in [3.05, 3.63) is 22.8 Å². The molecule has 0 saturated heterocycles. The molecule has 1 N–H and O–H groups in total. The Morgan fingerprint density at radius 3 is 2.84 bits per heavy atom. The number of hydrogen-bond acceptors (Lipinski definition) is 5. The van der Waals surface area contributed by atoms with Gasteiger partial charge in [0.05, 0.1) is 12.0 Å². The standard InChI is InChI=1S/C11H10BrN5O2/c12-7-1-2-8(13-5-7)9-14-15-16-17(9)6-11(3-4-11)10(18)19/h1-2,5H,3-4,6H2,(H,18,19). The number of hydrogen-bond donors (Lipinski definition) is 1. The fourth-order valence-corrected chi connectivity index (χ4v) is 2.11. The molecule has 0 bridgehead atoms. The lowest BCUT2D eigenvalue weighted by Crippen LogP contribution is -2.22. The highest BCUT2D eigenvalue weighted by Crippen LogP contribution is 2.47. The van der Waals surface area contributed by atoms with Crippen molar-refractivity contribution in [1.82, 2.24) is 25.2 Å². The summed E-state index contributed by atoms with van der Waals surface area (Å²) in [7, 11) is 0. The molecule has 1 saturated carbocycles. The number of carboxylic acid groups (broad SMARTS) is 1. The van der Waals surface area contributed by atoms with E-state index >= 15 is 0 Å². The monoisotopic (exact) mass is 323 g/mol. The van der Waals surface area contributed by atoms with Gasteiger partial charge in [-0.2, -0.15) is 0 Å². The number of halogens is 1. The third-order valence-corrected chi connectivity index (χ3v) is 3.72. The lowest BCUT2D eigenvalue weighted by molar-refractivity contribution is -0.144. The Morgan fingerprint density at radius 1 is 1.47 bits per heavy atom. The quantitative estimate of drug-likeness (QED) is 0.913. The number of aromatic nitrogens is 5. The number of rotatable bonds is 4. The van der Waals surface area contributed by atoms with Gasteiger partial charge in [-0.15, -0.1) is 5.10 Å². The van der Waals surface area contributed by atoms with Crippen molar-refractivity contribution in [1.29, 1.82) is 0 Å². The zero-order valence-electron chi connectivity index (χ0n) is 9.82. The second kappa shape index (κ2) is 4.37. The topological polar surface area (TPSA) is 93.8 Å². The van der Waals surface area contributed by atoms with Crippen LogP contribution in [0.3, 0.4) is 0 Å². The van der Waals surface area contributed by atoms with Gasteiger partial charge in [0.1, 0.15) is 5.69 Å². The molecule has 0 radical (unpaired) electrons. The summed E-state index contributed by atoms with van der Waals surface area (Å²) in [5.74, 6) is -0.308. The molecule has 1 aliphatic rings. The zero-order valence-corrected chi connectivity index (χ0v) is 11.4. The van der Waals surface area contributed by atoms with E-state index in [1.807, 2.05) is 6.07 Å². The molecule has 0 unspecified atom stereocenters. The first-order valence-electron chi connectivity index (χ1n) is 5.72. The molecule has 1 fully saturated rings. The van der Waals surface area contributed by atoms with Gasteiger partial charge in [0.2, 0.25) is 5.82 Å². The summed E-state index contributed by atoms with van der Waals surface area (Å²) in [6, 6.07) is 3.62. The fourth-order valence-electron chi connectivity index (χ4n) is 1.88. The summed E-state index contributed by atoms with van der Waals surface area (Å²) in [5.41, 5.74) is -0.0890.